The minimum absolute atomic E-state index is 0.218. The van der Waals surface area contributed by atoms with Crippen molar-refractivity contribution in [2.45, 2.75) is 13.5 Å². The SMILES string of the molecule is CCOC(=O)N1CCN(Cc2cn3cc(Cl)ccc3n2)CC1. The van der Waals surface area contributed by atoms with Gasteiger partial charge in [0, 0.05) is 45.1 Å². The molecule has 0 saturated carbocycles. The molecule has 0 radical (unpaired) electrons. The van der Waals surface area contributed by atoms with Crippen LogP contribution in [0.1, 0.15) is 12.6 Å². The number of amides is 1. The normalized spacial score (nSPS) is 16.2. The van der Waals surface area contributed by atoms with Gasteiger partial charge in [-0.15, -0.1) is 0 Å². The Morgan fingerprint density at radius 1 is 1.27 bits per heavy atom. The van der Waals surface area contributed by atoms with Crippen molar-refractivity contribution in [3.8, 4) is 0 Å². The summed E-state index contributed by atoms with van der Waals surface area (Å²) in [6.45, 7) is 6.06. The van der Waals surface area contributed by atoms with Gasteiger partial charge in [-0.2, -0.15) is 0 Å². The molecule has 0 aromatic carbocycles. The molecule has 1 aliphatic rings. The Hall–Kier alpha value is -1.79. The van der Waals surface area contributed by atoms with Crippen molar-refractivity contribution in [2.75, 3.05) is 32.8 Å². The van der Waals surface area contributed by atoms with Crippen molar-refractivity contribution in [2.24, 2.45) is 0 Å². The Labute approximate surface area is 134 Å². The van der Waals surface area contributed by atoms with Crippen LogP contribution in [0, 0.1) is 0 Å². The Balaban J connectivity index is 1.58. The average molecular weight is 323 g/mol. The van der Waals surface area contributed by atoms with Gasteiger partial charge in [0.05, 0.1) is 17.3 Å². The van der Waals surface area contributed by atoms with Crippen LogP contribution in [0.15, 0.2) is 24.5 Å². The van der Waals surface area contributed by atoms with E-state index in [9.17, 15) is 4.79 Å². The van der Waals surface area contributed by atoms with Gasteiger partial charge in [0.1, 0.15) is 5.65 Å². The zero-order valence-corrected chi connectivity index (χ0v) is 13.3. The first-order chi connectivity index (χ1) is 10.7. The second-order valence-electron chi connectivity index (χ2n) is 5.31. The zero-order chi connectivity index (χ0) is 15.5. The number of hydrogen-bond acceptors (Lipinski definition) is 4. The minimum Gasteiger partial charge on any atom is -0.450 e. The molecular weight excluding hydrogens is 304 g/mol. The highest BCUT2D eigenvalue weighted by Gasteiger charge is 2.22. The van der Waals surface area contributed by atoms with Crippen LogP contribution in [-0.2, 0) is 11.3 Å². The summed E-state index contributed by atoms with van der Waals surface area (Å²) < 4.78 is 6.96. The number of ether oxygens (including phenoxy) is 1. The van der Waals surface area contributed by atoms with Crippen LogP contribution in [0.5, 0.6) is 0 Å². The fourth-order valence-electron chi connectivity index (χ4n) is 2.63. The van der Waals surface area contributed by atoms with Crippen LogP contribution in [0.4, 0.5) is 4.79 Å². The highest BCUT2D eigenvalue weighted by molar-refractivity contribution is 6.30. The molecular formula is C15H19ClN4O2. The summed E-state index contributed by atoms with van der Waals surface area (Å²) in [5.41, 5.74) is 1.90. The molecule has 22 heavy (non-hydrogen) atoms. The molecule has 0 aliphatic carbocycles. The molecule has 3 rings (SSSR count). The third-order valence-corrected chi connectivity index (χ3v) is 3.97. The Kier molecular flexibility index (Phi) is 4.49. The van der Waals surface area contributed by atoms with Gasteiger partial charge in [0.15, 0.2) is 0 Å². The van der Waals surface area contributed by atoms with Crippen LogP contribution in [-0.4, -0.2) is 58.1 Å². The van der Waals surface area contributed by atoms with Gasteiger partial charge in [0.2, 0.25) is 0 Å². The lowest BCUT2D eigenvalue weighted by molar-refractivity contribution is 0.0776. The molecule has 1 saturated heterocycles. The molecule has 7 heteroatoms. The first-order valence-corrected chi connectivity index (χ1v) is 7.80. The Morgan fingerprint density at radius 2 is 2.05 bits per heavy atom. The van der Waals surface area contributed by atoms with E-state index in [1.165, 1.54) is 0 Å². The molecule has 1 aliphatic heterocycles. The molecule has 2 aromatic rings. The number of halogens is 1. The number of carbonyl (C=O) groups excluding carboxylic acids is 1. The minimum atomic E-state index is -0.218. The first kappa shape index (κ1) is 15.1. The number of imidazole rings is 1. The summed E-state index contributed by atoms with van der Waals surface area (Å²) in [5.74, 6) is 0. The van der Waals surface area contributed by atoms with Gasteiger partial charge in [-0.1, -0.05) is 11.6 Å². The highest BCUT2D eigenvalue weighted by Crippen LogP contribution is 2.14. The van der Waals surface area contributed by atoms with Crippen LogP contribution in [0.3, 0.4) is 0 Å². The standard InChI is InChI=1S/C15H19ClN4O2/c1-2-22-15(21)19-7-5-18(6-8-19)10-13-11-20-9-12(16)3-4-14(20)17-13/h3-4,9,11H,2,5-8,10H2,1H3. The van der Waals surface area contributed by atoms with Crippen molar-refractivity contribution in [1.82, 2.24) is 19.2 Å². The quantitative estimate of drug-likeness (QED) is 0.870. The topological polar surface area (TPSA) is 50.1 Å². The van der Waals surface area contributed by atoms with E-state index in [1.54, 1.807) is 4.90 Å². The van der Waals surface area contributed by atoms with E-state index >= 15 is 0 Å². The van der Waals surface area contributed by atoms with Gasteiger partial charge in [-0.25, -0.2) is 9.78 Å². The molecule has 3 heterocycles. The maximum Gasteiger partial charge on any atom is 0.409 e. The van der Waals surface area contributed by atoms with E-state index in [4.69, 9.17) is 16.3 Å². The van der Waals surface area contributed by atoms with Crippen LogP contribution < -0.4 is 0 Å². The fraction of sp³-hybridized carbons (Fsp3) is 0.467. The van der Waals surface area contributed by atoms with E-state index in [1.807, 2.05) is 35.9 Å². The van der Waals surface area contributed by atoms with E-state index in [-0.39, 0.29) is 6.09 Å². The monoisotopic (exact) mass is 322 g/mol. The number of nitrogens with zero attached hydrogens (tertiary/aromatic N) is 4. The lowest BCUT2D eigenvalue weighted by atomic mass is 10.3. The summed E-state index contributed by atoms with van der Waals surface area (Å²) in [7, 11) is 0. The molecule has 0 unspecified atom stereocenters. The predicted molar refractivity (Wildman–Crippen MR) is 84.1 cm³/mol. The number of pyridine rings is 1. The van der Waals surface area contributed by atoms with E-state index in [2.05, 4.69) is 9.88 Å². The first-order valence-electron chi connectivity index (χ1n) is 7.43. The lowest BCUT2D eigenvalue weighted by Crippen LogP contribution is -2.48. The number of fused-ring (bicyclic) bond motifs is 1. The van der Waals surface area contributed by atoms with Crippen molar-refractivity contribution in [1.29, 1.82) is 0 Å². The predicted octanol–water partition coefficient (Wildman–Crippen LogP) is 2.26. The molecule has 1 fully saturated rings. The molecule has 0 N–H and O–H groups in total. The molecule has 2 aromatic heterocycles. The van der Waals surface area contributed by atoms with Crippen molar-refractivity contribution >= 4 is 23.3 Å². The number of hydrogen-bond donors (Lipinski definition) is 0. The largest absolute Gasteiger partial charge is 0.450 e. The summed E-state index contributed by atoms with van der Waals surface area (Å²) in [5, 5.41) is 0.694. The molecule has 1 amide bonds. The molecule has 0 spiro atoms. The van der Waals surface area contributed by atoms with Gasteiger partial charge < -0.3 is 14.0 Å². The Bertz CT molecular complexity index is 665. The van der Waals surface area contributed by atoms with E-state index in [0.717, 1.165) is 31.0 Å². The van der Waals surface area contributed by atoms with Gasteiger partial charge in [-0.05, 0) is 19.1 Å². The highest BCUT2D eigenvalue weighted by atomic mass is 35.5. The number of rotatable bonds is 3. The Morgan fingerprint density at radius 3 is 2.77 bits per heavy atom. The summed E-state index contributed by atoms with van der Waals surface area (Å²) >= 11 is 5.98. The smallest absolute Gasteiger partial charge is 0.409 e. The number of aromatic nitrogens is 2. The third-order valence-electron chi connectivity index (χ3n) is 3.75. The number of carbonyl (C=O) groups is 1. The van der Waals surface area contributed by atoms with E-state index in [0.29, 0.717) is 24.7 Å². The summed E-state index contributed by atoms with van der Waals surface area (Å²) in [6.07, 6.45) is 3.63. The second kappa shape index (κ2) is 6.54. The lowest BCUT2D eigenvalue weighted by Gasteiger charge is -2.33. The second-order valence-corrected chi connectivity index (χ2v) is 5.74. The fourth-order valence-corrected chi connectivity index (χ4v) is 2.79. The maximum absolute atomic E-state index is 11.7. The maximum atomic E-state index is 11.7. The van der Waals surface area contributed by atoms with Gasteiger partial charge in [0.25, 0.3) is 0 Å². The number of piperazine rings is 1. The molecule has 0 atom stereocenters. The molecule has 0 bridgehead atoms. The average Bonchev–Trinajstić information content (AvgIpc) is 2.89. The molecule has 6 nitrogen and oxygen atoms in total. The van der Waals surface area contributed by atoms with Gasteiger partial charge in [-0.3, -0.25) is 4.90 Å². The summed E-state index contributed by atoms with van der Waals surface area (Å²) in [6, 6.07) is 3.75. The van der Waals surface area contributed by atoms with Crippen LogP contribution >= 0.6 is 11.6 Å². The third kappa shape index (κ3) is 3.34. The van der Waals surface area contributed by atoms with Crippen molar-refractivity contribution in [3.63, 3.8) is 0 Å². The van der Waals surface area contributed by atoms with Crippen LogP contribution in [0.2, 0.25) is 5.02 Å². The van der Waals surface area contributed by atoms with Crippen molar-refractivity contribution in [3.05, 3.63) is 35.2 Å². The van der Waals surface area contributed by atoms with Gasteiger partial charge >= 0.3 is 6.09 Å². The summed E-state index contributed by atoms with van der Waals surface area (Å²) in [4.78, 5) is 20.3. The van der Waals surface area contributed by atoms with E-state index < -0.39 is 0 Å². The van der Waals surface area contributed by atoms with Crippen LogP contribution in [0.25, 0.3) is 5.65 Å². The molecule has 118 valence electrons. The van der Waals surface area contributed by atoms with Crippen molar-refractivity contribution < 1.29 is 9.53 Å². The zero-order valence-electron chi connectivity index (χ0n) is 12.5.